The summed E-state index contributed by atoms with van der Waals surface area (Å²) in [6, 6.07) is 7.38. The Bertz CT molecular complexity index is 1010. The first-order chi connectivity index (χ1) is 16.4. The molecule has 4 saturated carbocycles. The van der Waals surface area contributed by atoms with E-state index >= 15 is 0 Å². The molecular weight excluding hydrogens is 426 g/mol. The Morgan fingerprint density at radius 1 is 0.824 bits per heavy atom. The van der Waals surface area contributed by atoms with Crippen molar-refractivity contribution in [2.24, 2.45) is 34.5 Å². The molecule has 0 N–H and O–H groups in total. The minimum Gasteiger partial charge on any atom is -0.347 e. The van der Waals surface area contributed by atoms with Gasteiger partial charge < -0.3 is 9.47 Å². The monoisotopic (exact) mass is 463 g/mol. The van der Waals surface area contributed by atoms with Crippen molar-refractivity contribution in [2.45, 2.75) is 83.5 Å². The lowest BCUT2D eigenvalue weighted by molar-refractivity contribution is -0.247. The highest BCUT2D eigenvalue weighted by Gasteiger charge is 2.67. The third-order valence-electron chi connectivity index (χ3n) is 11.6. The molecule has 5 fully saturated rings. The Morgan fingerprint density at radius 2 is 1.50 bits per heavy atom. The maximum Gasteiger partial charge on any atom is 0.261 e. The van der Waals surface area contributed by atoms with Gasteiger partial charge >= 0.3 is 0 Å². The lowest BCUT2D eigenvalue weighted by Gasteiger charge is -2.61. The van der Waals surface area contributed by atoms with E-state index in [0.717, 1.165) is 50.7 Å². The van der Waals surface area contributed by atoms with Crippen LogP contribution in [0, 0.1) is 34.5 Å². The van der Waals surface area contributed by atoms with Crippen LogP contribution in [-0.2, 0) is 9.47 Å². The summed E-state index contributed by atoms with van der Waals surface area (Å²) in [7, 11) is 0. The van der Waals surface area contributed by atoms with Gasteiger partial charge in [-0.25, -0.2) is 0 Å². The van der Waals surface area contributed by atoms with Crippen LogP contribution in [0.25, 0.3) is 0 Å². The van der Waals surface area contributed by atoms with Crippen molar-refractivity contribution >= 4 is 11.8 Å². The molecule has 7 atom stereocenters. The molecule has 1 saturated heterocycles. The van der Waals surface area contributed by atoms with Gasteiger partial charge in [-0.3, -0.25) is 14.5 Å². The molecule has 7 rings (SSSR count). The van der Waals surface area contributed by atoms with Gasteiger partial charge in [0.1, 0.15) is 0 Å². The standard InChI is InChI=1S/C29H37NO4/c1-27-12-9-19(30-25(31)20-5-3-4-6-21(20)26(30)32)17-18(27)7-8-22-23(27)10-13-28(2)24(22)11-14-29(28)33-15-16-34-29/h3-6,18-19,22-24H,7-17H2,1-2H3/t18-,19-,22+,23-,24-,27-,28-/m0/s1. The average molecular weight is 464 g/mol. The maximum atomic E-state index is 13.1. The number of hydrogen-bond acceptors (Lipinski definition) is 4. The molecule has 0 bridgehead atoms. The second-order valence-corrected chi connectivity index (χ2v) is 12.6. The second kappa shape index (κ2) is 7.16. The number of fused-ring (bicyclic) bond motifs is 7. The van der Waals surface area contributed by atoms with E-state index in [2.05, 4.69) is 13.8 Å². The van der Waals surface area contributed by atoms with Gasteiger partial charge in [0.2, 0.25) is 0 Å². The van der Waals surface area contributed by atoms with E-state index < -0.39 is 0 Å². The molecule has 182 valence electrons. The van der Waals surface area contributed by atoms with Gasteiger partial charge in [0.25, 0.3) is 11.8 Å². The van der Waals surface area contributed by atoms with Crippen LogP contribution < -0.4 is 0 Å². The van der Waals surface area contributed by atoms with Crippen molar-refractivity contribution in [1.29, 1.82) is 0 Å². The zero-order valence-corrected chi connectivity index (χ0v) is 20.6. The summed E-state index contributed by atoms with van der Waals surface area (Å²) in [5, 5.41) is 0. The fourth-order valence-electron chi connectivity index (χ4n) is 9.89. The molecule has 0 aromatic heterocycles. The first-order valence-electron chi connectivity index (χ1n) is 13.6. The highest BCUT2D eigenvalue weighted by atomic mass is 16.7. The number of nitrogens with zero attached hydrogens (tertiary/aromatic N) is 1. The van der Waals surface area contributed by atoms with E-state index in [4.69, 9.17) is 9.47 Å². The summed E-state index contributed by atoms with van der Waals surface area (Å²) in [4.78, 5) is 27.9. The molecule has 5 heteroatoms. The Balaban J connectivity index is 1.12. The highest BCUT2D eigenvalue weighted by Crippen LogP contribution is 2.69. The number of rotatable bonds is 1. The van der Waals surface area contributed by atoms with E-state index in [-0.39, 0.29) is 29.1 Å². The second-order valence-electron chi connectivity index (χ2n) is 12.6. The summed E-state index contributed by atoms with van der Waals surface area (Å²) in [6.07, 6.45) is 10.3. The third-order valence-corrected chi connectivity index (χ3v) is 11.6. The van der Waals surface area contributed by atoms with E-state index in [1.54, 1.807) is 17.0 Å². The summed E-state index contributed by atoms with van der Waals surface area (Å²) < 4.78 is 12.6. The number of amides is 2. The van der Waals surface area contributed by atoms with E-state index in [9.17, 15) is 9.59 Å². The van der Waals surface area contributed by atoms with Gasteiger partial charge in [0, 0.05) is 17.9 Å². The molecule has 1 aromatic carbocycles. The van der Waals surface area contributed by atoms with Crippen molar-refractivity contribution in [2.75, 3.05) is 13.2 Å². The lowest BCUT2D eigenvalue weighted by atomic mass is 9.44. The van der Waals surface area contributed by atoms with Gasteiger partial charge in [0.15, 0.2) is 5.79 Å². The molecule has 2 aliphatic heterocycles. The van der Waals surface area contributed by atoms with E-state index in [1.165, 1.54) is 32.1 Å². The van der Waals surface area contributed by atoms with Gasteiger partial charge in [-0.15, -0.1) is 0 Å². The molecule has 6 aliphatic rings. The molecule has 34 heavy (non-hydrogen) atoms. The van der Waals surface area contributed by atoms with Crippen LogP contribution in [0.5, 0.6) is 0 Å². The molecule has 0 unspecified atom stereocenters. The van der Waals surface area contributed by atoms with Crippen molar-refractivity contribution in [3.63, 3.8) is 0 Å². The topological polar surface area (TPSA) is 55.8 Å². The highest BCUT2D eigenvalue weighted by molar-refractivity contribution is 6.21. The smallest absolute Gasteiger partial charge is 0.261 e. The molecule has 2 amide bonds. The fourth-order valence-corrected chi connectivity index (χ4v) is 9.89. The number of carbonyl (C=O) groups is 2. The fraction of sp³-hybridized carbons (Fsp3) is 0.724. The first kappa shape index (κ1) is 21.6. The van der Waals surface area contributed by atoms with Gasteiger partial charge in [0.05, 0.1) is 24.3 Å². The largest absolute Gasteiger partial charge is 0.347 e. The zero-order valence-electron chi connectivity index (χ0n) is 20.6. The molecular formula is C29H37NO4. The van der Waals surface area contributed by atoms with Crippen molar-refractivity contribution < 1.29 is 19.1 Å². The quantitative estimate of drug-likeness (QED) is 0.521. The first-order valence-corrected chi connectivity index (χ1v) is 13.6. The Morgan fingerprint density at radius 3 is 2.21 bits per heavy atom. The number of ether oxygens (including phenoxy) is 2. The van der Waals surface area contributed by atoms with Gasteiger partial charge in [-0.05, 0) is 92.6 Å². The van der Waals surface area contributed by atoms with E-state index in [0.29, 0.717) is 28.4 Å². The third kappa shape index (κ3) is 2.58. The Hall–Kier alpha value is -1.72. The van der Waals surface area contributed by atoms with Crippen molar-refractivity contribution in [1.82, 2.24) is 4.90 Å². The molecule has 2 heterocycles. The minimum atomic E-state index is -0.330. The van der Waals surface area contributed by atoms with Crippen LogP contribution in [0.4, 0.5) is 0 Å². The summed E-state index contributed by atoms with van der Waals surface area (Å²) in [5.41, 5.74) is 1.63. The predicted octanol–water partition coefficient (Wildman–Crippen LogP) is 5.44. The molecule has 1 spiro atoms. The minimum absolute atomic E-state index is 0.0471. The molecule has 4 aliphatic carbocycles. The van der Waals surface area contributed by atoms with Crippen molar-refractivity contribution in [3.05, 3.63) is 35.4 Å². The zero-order chi connectivity index (χ0) is 23.3. The number of imide groups is 1. The SMILES string of the molecule is C[C@]12CC[C@H](N3C(=O)c4ccccc4C3=O)C[C@@H]1CC[C@@H]1[C@@H]2CC[C@@]2(C)[C@H]1CCC21OCCO1. The maximum absolute atomic E-state index is 13.1. The predicted molar refractivity (Wildman–Crippen MR) is 127 cm³/mol. The number of carbonyl (C=O) groups excluding carboxylic acids is 2. The molecule has 1 aromatic rings. The molecule has 0 radical (unpaired) electrons. The van der Waals surface area contributed by atoms with Crippen LogP contribution in [0.3, 0.4) is 0 Å². The summed E-state index contributed by atoms with van der Waals surface area (Å²) >= 11 is 0. The van der Waals surface area contributed by atoms with Crippen molar-refractivity contribution in [3.8, 4) is 0 Å². The van der Waals surface area contributed by atoms with Crippen LogP contribution in [0.15, 0.2) is 24.3 Å². The summed E-state index contributed by atoms with van der Waals surface area (Å²) in [5.74, 6) is 2.29. The normalized spacial score (nSPS) is 44.6. The van der Waals surface area contributed by atoms with Crippen LogP contribution in [0.2, 0.25) is 0 Å². The van der Waals surface area contributed by atoms with Crippen LogP contribution in [-0.4, -0.2) is 41.8 Å². The van der Waals surface area contributed by atoms with Gasteiger partial charge in [-0.2, -0.15) is 0 Å². The molecule has 5 nitrogen and oxygen atoms in total. The number of hydrogen-bond donors (Lipinski definition) is 0. The number of benzene rings is 1. The Kier molecular flexibility index (Phi) is 4.54. The van der Waals surface area contributed by atoms with Crippen LogP contribution in [0.1, 0.15) is 92.4 Å². The van der Waals surface area contributed by atoms with E-state index in [1.807, 2.05) is 12.1 Å². The lowest BCUT2D eigenvalue weighted by Crippen LogP contribution is -2.58. The van der Waals surface area contributed by atoms with Crippen LogP contribution >= 0.6 is 0 Å². The Labute approximate surface area is 202 Å². The van der Waals surface area contributed by atoms with Gasteiger partial charge in [-0.1, -0.05) is 26.0 Å². The average Bonchev–Trinajstić information content (AvgIpc) is 3.51. The summed E-state index contributed by atoms with van der Waals surface area (Å²) in [6.45, 7) is 6.49.